The van der Waals surface area contributed by atoms with Crippen molar-refractivity contribution in [1.29, 1.82) is 0 Å². The van der Waals surface area contributed by atoms with Crippen LogP contribution in [0, 0.1) is 11.7 Å². The normalized spacial score (nSPS) is 25.0. The Balaban J connectivity index is 0.00000106. The van der Waals surface area contributed by atoms with E-state index in [0.29, 0.717) is 24.3 Å². The maximum absolute atomic E-state index is 14.1. The lowest BCUT2D eigenvalue weighted by atomic mass is 9.75. The second-order valence-electron chi connectivity index (χ2n) is 5.03. The minimum absolute atomic E-state index is 0.182. The first-order valence-corrected chi connectivity index (χ1v) is 7.51. The summed E-state index contributed by atoms with van der Waals surface area (Å²) in [6.45, 7) is 4.18. The van der Waals surface area contributed by atoms with Gasteiger partial charge in [0.05, 0.1) is 18.9 Å². The third-order valence-electron chi connectivity index (χ3n) is 4.09. The highest BCUT2D eigenvalue weighted by Crippen LogP contribution is 2.43. The Labute approximate surface area is 126 Å². The number of ether oxygens (including phenoxy) is 2. The van der Waals surface area contributed by atoms with Crippen LogP contribution in [0.2, 0.25) is 0 Å². The summed E-state index contributed by atoms with van der Waals surface area (Å²) < 4.78 is 24.7. The highest BCUT2D eigenvalue weighted by Gasteiger charge is 2.39. The molecule has 0 aliphatic heterocycles. The summed E-state index contributed by atoms with van der Waals surface area (Å²) in [5.74, 6) is 0.303. The van der Waals surface area contributed by atoms with Crippen molar-refractivity contribution in [1.82, 2.24) is 4.98 Å². The largest absolute Gasteiger partial charge is 0.481 e. The van der Waals surface area contributed by atoms with Crippen LogP contribution in [0.4, 0.5) is 4.39 Å². The summed E-state index contributed by atoms with van der Waals surface area (Å²) in [5, 5.41) is 9.20. The van der Waals surface area contributed by atoms with E-state index in [2.05, 4.69) is 4.98 Å². The van der Waals surface area contributed by atoms with Crippen molar-refractivity contribution in [3.63, 3.8) is 0 Å². The van der Waals surface area contributed by atoms with Gasteiger partial charge >= 0.3 is 0 Å². The third-order valence-corrected chi connectivity index (χ3v) is 4.09. The fourth-order valence-electron chi connectivity index (χ4n) is 2.79. The highest BCUT2D eigenvalue weighted by molar-refractivity contribution is 5.28. The molecule has 1 fully saturated rings. The van der Waals surface area contributed by atoms with E-state index < -0.39 is 5.60 Å². The van der Waals surface area contributed by atoms with Crippen LogP contribution in [0.15, 0.2) is 12.3 Å². The fourth-order valence-corrected chi connectivity index (χ4v) is 2.79. The van der Waals surface area contributed by atoms with Crippen LogP contribution in [0.1, 0.15) is 45.1 Å². The van der Waals surface area contributed by atoms with Crippen LogP contribution in [-0.4, -0.2) is 30.9 Å². The van der Waals surface area contributed by atoms with E-state index in [1.807, 2.05) is 13.8 Å². The molecule has 1 aliphatic carbocycles. The zero-order valence-electron chi connectivity index (χ0n) is 13.4. The Morgan fingerprint density at radius 3 is 2.43 bits per heavy atom. The van der Waals surface area contributed by atoms with E-state index in [0.717, 1.165) is 12.8 Å². The van der Waals surface area contributed by atoms with Gasteiger partial charge in [0.1, 0.15) is 5.82 Å². The van der Waals surface area contributed by atoms with E-state index >= 15 is 0 Å². The number of pyridine rings is 1. The quantitative estimate of drug-likeness (QED) is 0.927. The van der Waals surface area contributed by atoms with E-state index in [9.17, 15) is 9.50 Å². The number of aromatic nitrogens is 1. The van der Waals surface area contributed by atoms with Gasteiger partial charge in [-0.15, -0.1) is 0 Å². The molecule has 0 radical (unpaired) electrons. The van der Waals surface area contributed by atoms with Gasteiger partial charge in [0.25, 0.3) is 0 Å². The predicted molar refractivity (Wildman–Crippen MR) is 79.8 cm³/mol. The molecule has 1 saturated carbocycles. The second kappa shape index (κ2) is 8.29. The standard InChI is InChI=1S/C14H20FNO3.C2H6/c1-18-13-7-11(12(15)8-16-13)14(19-2)5-3-10(9-17)4-6-14;1-2/h7-8,10,17H,3-6,9H2,1-2H3;1-2H3. The maximum atomic E-state index is 14.1. The van der Waals surface area contributed by atoms with Crippen molar-refractivity contribution in [3.8, 4) is 5.88 Å². The smallest absolute Gasteiger partial charge is 0.213 e. The number of nitrogens with zero attached hydrogens (tertiary/aromatic N) is 1. The first kappa shape index (κ1) is 17.9. The van der Waals surface area contributed by atoms with Crippen LogP contribution < -0.4 is 4.74 Å². The fraction of sp³-hybridized carbons (Fsp3) is 0.688. The van der Waals surface area contributed by atoms with Gasteiger partial charge in [0.15, 0.2) is 0 Å². The van der Waals surface area contributed by atoms with Gasteiger partial charge in [-0.05, 0) is 31.6 Å². The average molecular weight is 299 g/mol. The Kier molecular flexibility index (Phi) is 7.05. The Morgan fingerprint density at radius 1 is 1.33 bits per heavy atom. The molecule has 1 aliphatic rings. The van der Waals surface area contributed by atoms with Crippen molar-refractivity contribution in [2.24, 2.45) is 5.92 Å². The predicted octanol–water partition coefficient (Wildman–Crippen LogP) is 3.28. The van der Waals surface area contributed by atoms with Crippen molar-refractivity contribution < 1.29 is 19.0 Å². The van der Waals surface area contributed by atoms with Gasteiger partial charge in [0.2, 0.25) is 5.88 Å². The SMILES string of the molecule is CC.COc1cc(C2(OC)CCC(CO)CC2)c(F)cn1. The van der Waals surface area contributed by atoms with Gasteiger partial charge in [-0.25, -0.2) is 9.37 Å². The van der Waals surface area contributed by atoms with E-state index in [1.54, 1.807) is 13.2 Å². The third kappa shape index (κ3) is 3.92. The van der Waals surface area contributed by atoms with E-state index in [1.165, 1.54) is 13.3 Å². The minimum atomic E-state index is -0.633. The molecule has 0 unspecified atom stereocenters. The number of halogens is 1. The molecule has 0 atom stereocenters. The van der Waals surface area contributed by atoms with Crippen molar-refractivity contribution in [2.75, 3.05) is 20.8 Å². The molecule has 0 bridgehead atoms. The Bertz CT molecular complexity index is 432. The molecule has 120 valence electrons. The molecule has 2 rings (SSSR count). The molecule has 0 spiro atoms. The topological polar surface area (TPSA) is 51.6 Å². The van der Waals surface area contributed by atoms with Crippen LogP contribution in [0.3, 0.4) is 0 Å². The molecule has 0 amide bonds. The van der Waals surface area contributed by atoms with Gasteiger partial charge in [-0.2, -0.15) is 0 Å². The molecular formula is C16H26FNO3. The number of hydrogen-bond acceptors (Lipinski definition) is 4. The molecular weight excluding hydrogens is 273 g/mol. The van der Waals surface area contributed by atoms with Gasteiger partial charge in [-0.1, -0.05) is 13.8 Å². The second-order valence-corrected chi connectivity index (χ2v) is 5.03. The van der Waals surface area contributed by atoms with Crippen LogP contribution in [-0.2, 0) is 10.3 Å². The van der Waals surface area contributed by atoms with Gasteiger partial charge < -0.3 is 14.6 Å². The Hall–Kier alpha value is -1.20. The molecule has 1 N–H and O–H groups in total. The highest BCUT2D eigenvalue weighted by atomic mass is 19.1. The zero-order valence-corrected chi connectivity index (χ0v) is 13.4. The van der Waals surface area contributed by atoms with Crippen LogP contribution in [0.25, 0.3) is 0 Å². The lowest BCUT2D eigenvalue weighted by molar-refractivity contribution is -0.0614. The lowest BCUT2D eigenvalue weighted by Crippen LogP contribution is -2.35. The minimum Gasteiger partial charge on any atom is -0.481 e. The summed E-state index contributed by atoms with van der Waals surface area (Å²) >= 11 is 0. The van der Waals surface area contributed by atoms with Crippen LogP contribution >= 0.6 is 0 Å². The number of rotatable bonds is 4. The first-order chi connectivity index (χ1) is 10.1. The molecule has 1 aromatic heterocycles. The van der Waals surface area contributed by atoms with E-state index in [-0.39, 0.29) is 18.3 Å². The maximum Gasteiger partial charge on any atom is 0.213 e. The molecule has 4 nitrogen and oxygen atoms in total. The average Bonchev–Trinajstić information content (AvgIpc) is 2.57. The van der Waals surface area contributed by atoms with Gasteiger partial charge in [-0.3, -0.25) is 0 Å². The van der Waals surface area contributed by atoms with Gasteiger partial charge in [0, 0.05) is 25.3 Å². The number of aliphatic hydroxyl groups excluding tert-OH is 1. The number of methoxy groups -OCH3 is 2. The molecule has 5 heteroatoms. The van der Waals surface area contributed by atoms with Crippen LogP contribution in [0.5, 0.6) is 5.88 Å². The molecule has 1 aromatic rings. The first-order valence-electron chi connectivity index (χ1n) is 7.51. The summed E-state index contributed by atoms with van der Waals surface area (Å²) in [6.07, 6.45) is 4.22. The number of aliphatic hydroxyl groups is 1. The molecule has 0 aromatic carbocycles. The monoisotopic (exact) mass is 299 g/mol. The molecule has 0 saturated heterocycles. The molecule has 1 heterocycles. The Morgan fingerprint density at radius 2 is 1.95 bits per heavy atom. The summed E-state index contributed by atoms with van der Waals surface area (Å²) in [6, 6.07) is 1.61. The van der Waals surface area contributed by atoms with Crippen molar-refractivity contribution in [2.45, 2.75) is 45.1 Å². The molecule has 21 heavy (non-hydrogen) atoms. The summed E-state index contributed by atoms with van der Waals surface area (Å²) in [4.78, 5) is 3.86. The lowest BCUT2D eigenvalue weighted by Gasteiger charge is -2.39. The summed E-state index contributed by atoms with van der Waals surface area (Å²) in [7, 11) is 3.11. The van der Waals surface area contributed by atoms with Crippen molar-refractivity contribution in [3.05, 3.63) is 23.6 Å². The van der Waals surface area contributed by atoms with Crippen molar-refractivity contribution >= 4 is 0 Å². The van der Waals surface area contributed by atoms with E-state index in [4.69, 9.17) is 9.47 Å². The number of hydrogen-bond donors (Lipinski definition) is 1. The zero-order chi connectivity index (χ0) is 15.9. The summed E-state index contributed by atoms with van der Waals surface area (Å²) in [5.41, 5.74) is -0.135.